The van der Waals surface area contributed by atoms with Gasteiger partial charge in [-0.15, -0.1) is 0 Å². The molecule has 0 radical (unpaired) electrons. The molecule has 1 saturated carbocycles. The first-order chi connectivity index (χ1) is 20.7. The molecule has 1 aliphatic heterocycles. The van der Waals surface area contributed by atoms with Crippen LogP contribution in [-0.2, 0) is 4.79 Å². The van der Waals surface area contributed by atoms with Gasteiger partial charge in [0.15, 0.2) is 17.1 Å². The quantitative estimate of drug-likeness (QED) is 0.241. The van der Waals surface area contributed by atoms with Gasteiger partial charge in [0.25, 0.3) is 0 Å². The lowest BCUT2D eigenvalue weighted by molar-refractivity contribution is -0.131. The minimum Gasteiger partial charge on any atom is -0.493 e. The largest absolute Gasteiger partial charge is 0.493 e. The van der Waals surface area contributed by atoms with Gasteiger partial charge in [-0.3, -0.25) is 9.78 Å². The fourth-order valence-electron chi connectivity index (χ4n) is 6.04. The minimum atomic E-state index is -0.455. The van der Waals surface area contributed by atoms with Crippen LogP contribution in [0.4, 0.5) is 5.82 Å². The first-order valence-electron chi connectivity index (χ1n) is 15.0. The number of rotatable bonds is 7. The highest BCUT2D eigenvalue weighted by Gasteiger charge is 2.33. The predicted molar refractivity (Wildman–Crippen MR) is 167 cm³/mol. The summed E-state index contributed by atoms with van der Waals surface area (Å²) in [6.07, 6.45) is 3.83. The molecule has 10 heteroatoms. The molecular formula is C33H38N6O4. The molecule has 6 rings (SSSR count). The standard InChI is InChI=1S/C33H38N6O4/c1-18(2)27-29(19(3)12-13-35-27)39-32-25(31(37-33(39)41)38-15-14-34-17-20(38)4)16-24(22-10-11-22)28(36-32)23-8-7-9-26(42-6)30(23)43-21(5)40/h7-9,12-13,16,18,20,22,34H,10-11,14-15,17H2,1-6H3/t20-/m0/s1. The van der Waals surface area contributed by atoms with Gasteiger partial charge in [0.05, 0.1) is 29.6 Å². The molecule has 0 amide bonds. The van der Waals surface area contributed by atoms with Gasteiger partial charge < -0.3 is 19.7 Å². The number of ether oxygens (including phenoxy) is 2. The smallest absolute Gasteiger partial charge is 0.355 e. The fourth-order valence-corrected chi connectivity index (χ4v) is 6.04. The first-order valence-corrected chi connectivity index (χ1v) is 15.0. The summed E-state index contributed by atoms with van der Waals surface area (Å²) in [5.74, 6) is 1.29. The Hall–Kier alpha value is -4.31. The summed E-state index contributed by atoms with van der Waals surface area (Å²) in [6, 6.07) is 9.71. The van der Waals surface area contributed by atoms with Gasteiger partial charge in [-0.2, -0.15) is 4.98 Å². The molecule has 4 aromatic rings. The number of pyridine rings is 2. The van der Waals surface area contributed by atoms with E-state index in [1.165, 1.54) is 6.92 Å². The summed E-state index contributed by atoms with van der Waals surface area (Å²) in [7, 11) is 1.55. The van der Waals surface area contributed by atoms with Crippen LogP contribution < -0.4 is 25.4 Å². The summed E-state index contributed by atoms with van der Waals surface area (Å²) in [4.78, 5) is 43.3. The molecule has 3 aromatic heterocycles. The van der Waals surface area contributed by atoms with Crippen molar-refractivity contribution in [3.8, 4) is 28.4 Å². The number of nitrogens with one attached hydrogen (secondary N) is 1. The number of carbonyl (C=O) groups is 1. The molecule has 43 heavy (non-hydrogen) atoms. The van der Waals surface area contributed by atoms with E-state index in [-0.39, 0.29) is 12.0 Å². The number of carbonyl (C=O) groups excluding carboxylic acids is 1. The molecule has 0 spiro atoms. The lowest BCUT2D eigenvalue weighted by Crippen LogP contribution is -2.50. The van der Waals surface area contributed by atoms with Crippen LogP contribution in [0, 0.1) is 6.92 Å². The number of methoxy groups -OCH3 is 1. The van der Waals surface area contributed by atoms with Gasteiger partial charge in [-0.25, -0.2) is 14.3 Å². The first kappa shape index (κ1) is 28.8. The second-order valence-corrected chi connectivity index (χ2v) is 11.8. The molecule has 4 heterocycles. The monoisotopic (exact) mass is 582 g/mol. The average Bonchev–Trinajstić information content (AvgIpc) is 3.82. The third-order valence-corrected chi connectivity index (χ3v) is 8.29. The van der Waals surface area contributed by atoms with E-state index in [0.717, 1.165) is 54.7 Å². The van der Waals surface area contributed by atoms with E-state index >= 15 is 0 Å². The highest BCUT2D eigenvalue weighted by atomic mass is 16.6. The number of nitrogens with zero attached hydrogens (tertiary/aromatic N) is 5. The van der Waals surface area contributed by atoms with Gasteiger partial charge in [0.1, 0.15) is 5.82 Å². The normalized spacial score (nSPS) is 17.0. The second kappa shape index (κ2) is 11.4. The van der Waals surface area contributed by atoms with E-state index in [1.54, 1.807) is 23.9 Å². The molecule has 1 N–H and O–H groups in total. The van der Waals surface area contributed by atoms with E-state index in [2.05, 4.69) is 42.0 Å². The number of para-hydroxylation sites is 1. The van der Waals surface area contributed by atoms with Gasteiger partial charge in [0, 0.05) is 44.4 Å². The van der Waals surface area contributed by atoms with Gasteiger partial charge in [-0.1, -0.05) is 19.9 Å². The Morgan fingerprint density at radius 3 is 2.63 bits per heavy atom. The van der Waals surface area contributed by atoms with Crippen molar-refractivity contribution >= 4 is 22.8 Å². The lowest BCUT2D eigenvalue weighted by Gasteiger charge is -2.35. The number of esters is 1. The van der Waals surface area contributed by atoms with Crippen molar-refractivity contribution in [3.05, 3.63) is 63.8 Å². The van der Waals surface area contributed by atoms with E-state index in [4.69, 9.17) is 19.4 Å². The Morgan fingerprint density at radius 2 is 1.95 bits per heavy atom. The van der Waals surface area contributed by atoms with E-state index in [0.29, 0.717) is 45.8 Å². The van der Waals surface area contributed by atoms with Crippen LogP contribution in [0.25, 0.3) is 28.0 Å². The topological polar surface area (TPSA) is 111 Å². The highest BCUT2D eigenvalue weighted by molar-refractivity contribution is 5.93. The molecular weight excluding hydrogens is 544 g/mol. The van der Waals surface area contributed by atoms with Crippen LogP contribution in [-0.4, -0.2) is 58.3 Å². The lowest BCUT2D eigenvalue weighted by atomic mass is 9.99. The number of hydrogen-bond donors (Lipinski definition) is 1. The third-order valence-electron chi connectivity index (χ3n) is 8.29. The van der Waals surface area contributed by atoms with Crippen molar-refractivity contribution in [1.82, 2.24) is 24.8 Å². The SMILES string of the molecule is COc1cccc(-c2nc3c(cc2C2CC2)c(N2CCNC[C@@H]2C)nc(=O)n3-c2c(C)ccnc2C(C)C)c1OC(C)=O. The number of fused-ring (bicyclic) bond motifs is 1. The second-order valence-electron chi connectivity index (χ2n) is 11.8. The van der Waals surface area contributed by atoms with Crippen molar-refractivity contribution in [2.24, 2.45) is 0 Å². The maximum Gasteiger partial charge on any atom is 0.355 e. The zero-order chi connectivity index (χ0) is 30.4. The highest BCUT2D eigenvalue weighted by Crippen LogP contribution is 2.48. The van der Waals surface area contributed by atoms with Crippen molar-refractivity contribution in [1.29, 1.82) is 0 Å². The number of aryl methyl sites for hydroxylation is 1. The Morgan fingerprint density at radius 1 is 1.16 bits per heavy atom. The maximum atomic E-state index is 14.2. The third kappa shape index (κ3) is 5.24. The van der Waals surface area contributed by atoms with Gasteiger partial charge in [0.2, 0.25) is 0 Å². The van der Waals surface area contributed by atoms with Crippen LogP contribution in [0.3, 0.4) is 0 Å². The Labute approximate surface area is 251 Å². The predicted octanol–water partition coefficient (Wildman–Crippen LogP) is 4.88. The molecule has 1 aliphatic carbocycles. The van der Waals surface area contributed by atoms with Crippen LogP contribution in [0.15, 0.2) is 41.3 Å². The number of hydrogen-bond acceptors (Lipinski definition) is 9. The van der Waals surface area contributed by atoms with Crippen molar-refractivity contribution in [2.45, 2.75) is 65.3 Å². The Bertz CT molecular complexity index is 1780. The van der Waals surface area contributed by atoms with Crippen LogP contribution in [0.1, 0.15) is 69.2 Å². The summed E-state index contributed by atoms with van der Waals surface area (Å²) in [5.41, 5.74) is 4.83. The summed E-state index contributed by atoms with van der Waals surface area (Å²) in [5, 5.41) is 4.25. The molecule has 224 valence electrons. The Balaban J connectivity index is 1.74. The van der Waals surface area contributed by atoms with E-state index < -0.39 is 11.7 Å². The van der Waals surface area contributed by atoms with Gasteiger partial charge >= 0.3 is 11.7 Å². The minimum absolute atomic E-state index is 0.0591. The van der Waals surface area contributed by atoms with Crippen LogP contribution >= 0.6 is 0 Å². The zero-order valence-electron chi connectivity index (χ0n) is 25.6. The van der Waals surface area contributed by atoms with E-state index in [9.17, 15) is 9.59 Å². The number of piperazine rings is 1. The van der Waals surface area contributed by atoms with Crippen molar-refractivity contribution < 1.29 is 14.3 Å². The molecule has 0 unspecified atom stereocenters. The maximum absolute atomic E-state index is 14.2. The number of aromatic nitrogens is 4. The van der Waals surface area contributed by atoms with Crippen LogP contribution in [0.2, 0.25) is 0 Å². The summed E-state index contributed by atoms with van der Waals surface area (Å²) < 4.78 is 12.9. The molecule has 0 bridgehead atoms. The average molecular weight is 583 g/mol. The molecule has 10 nitrogen and oxygen atoms in total. The molecule has 1 atom stereocenters. The van der Waals surface area contributed by atoms with Crippen LogP contribution in [0.5, 0.6) is 11.5 Å². The number of anilines is 1. The molecule has 1 saturated heterocycles. The summed E-state index contributed by atoms with van der Waals surface area (Å²) >= 11 is 0. The molecule has 2 fully saturated rings. The van der Waals surface area contributed by atoms with Crippen molar-refractivity contribution in [2.75, 3.05) is 31.6 Å². The van der Waals surface area contributed by atoms with Crippen molar-refractivity contribution in [3.63, 3.8) is 0 Å². The summed E-state index contributed by atoms with van der Waals surface area (Å²) in [6.45, 7) is 11.9. The zero-order valence-corrected chi connectivity index (χ0v) is 25.6. The van der Waals surface area contributed by atoms with Gasteiger partial charge in [-0.05, 0) is 73.9 Å². The Kier molecular flexibility index (Phi) is 7.64. The molecule has 2 aliphatic rings. The van der Waals surface area contributed by atoms with E-state index in [1.807, 2.05) is 25.1 Å². The molecule has 1 aromatic carbocycles. The number of benzene rings is 1. The fraction of sp³-hybridized carbons (Fsp3) is 0.424.